The molecular weight excluding hydrogens is 616 g/mol. The van der Waals surface area contributed by atoms with E-state index in [4.69, 9.17) is 37.9 Å². The highest BCUT2D eigenvalue weighted by Crippen LogP contribution is 2.23. The summed E-state index contributed by atoms with van der Waals surface area (Å²) in [7, 11) is 0. The maximum atomic E-state index is 12.9. The van der Waals surface area contributed by atoms with Crippen LogP contribution in [-0.4, -0.2) is 147 Å². The number of hydrogen-bond acceptors (Lipinski definition) is 14. The molecule has 0 spiro atoms. The van der Waals surface area contributed by atoms with E-state index in [9.17, 15) is 28.8 Å². The second-order valence-corrected chi connectivity index (χ2v) is 11.0. The molecule has 260 valence electrons. The molecule has 2 N–H and O–H groups in total. The zero-order valence-corrected chi connectivity index (χ0v) is 27.0. The van der Waals surface area contributed by atoms with E-state index >= 15 is 0 Å². The second-order valence-electron chi connectivity index (χ2n) is 11.0. The summed E-state index contributed by atoms with van der Waals surface area (Å²) in [5, 5.41) is 4.95. The minimum absolute atomic E-state index is 0.105. The summed E-state index contributed by atoms with van der Waals surface area (Å²) in [6.07, 6.45) is -3.33. The van der Waals surface area contributed by atoms with Crippen LogP contribution in [0.3, 0.4) is 0 Å². The normalized spacial score (nSPS) is 27.8. The summed E-state index contributed by atoms with van der Waals surface area (Å²) in [6, 6.07) is -1.86. The van der Waals surface area contributed by atoms with Gasteiger partial charge in [-0.1, -0.05) is 0 Å². The fourth-order valence-corrected chi connectivity index (χ4v) is 4.63. The Hall–Kier alpha value is -3.74. The first-order valence-corrected chi connectivity index (χ1v) is 15.1. The maximum absolute atomic E-state index is 12.9. The van der Waals surface area contributed by atoms with Crippen molar-refractivity contribution in [2.45, 2.75) is 77.4 Å². The van der Waals surface area contributed by atoms with Gasteiger partial charge >= 0.3 is 24.1 Å². The Morgan fingerprint density at radius 1 is 0.652 bits per heavy atom. The molecule has 0 aromatic rings. The van der Waals surface area contributed by atoms with Gasteiger partial charge in [-0.25, -0.2) is 19.2 Å². The van der Waals surface area contributed by atoms with Gasteiger partial charge in [0.15, 0.2) is 12.2 Å². The van der Waals surface area contributed by atoms with Crippen LogP contribution in [0.4, 0.5) is 9.59 Å². The van der Waals surface area contributed by atoms with Crippen molar-refractivity contribution in [2.24, 2.45) is 0 Å². The smallest absolute Gasteiger partial charge is 0.408 e. The summed E-state index contributed by atoms with van der Waals surface area (Å²) < 4.78 is 41.9. The van der Waals surface area contributed by atoms with E-state index in [2.05, 4.69) is 10.6 Å². The third kappa shape index (κ3) is 9.63. The number of carbonyl (C=O) groups is 6. The number of carbonyl (C=O) groups excluding carboxylic acids is 6. The highest BCUT2D eigenvalue weighted by molar-refractivity contribution is 5.87. The summed E-state index contributed by atoms with van der Waals surface area (Å²) in [5.41, 5.74) is 0. The highest BCUT2D eigenvalue weighted by Gasteiger charge is 2.44. The first kappa shape index (κ1) is 36.7. The van der Waals surface area contributed by atoms with Crippen molar-refractivity contribution in [3.8, 4) is 0 Å². The van der Waals surface area contributed by atoms with Gasteiger partial charge in [-0.15, -0.1) is 0 Å². The van der Waals surface area contributed by atoms with Gasteiger partial charge in [-0.05, 0) is 27.7 Å². The van der Waals surface area contributed by atoms with Gasteiger partial charge in [-0.2, -0.15) is 0 Å². The van der Waals surface area contributed by atoms with Crippen molar-refractivity contribution in [3.63, 3.8) is 0 Å². The van der Waals surface area contributed by atoms with Gasteiger partial charge in [0, 0.05) is 40.0 Å². The Balaban J connectivity index is 1.35. The molecule has 0 bridgehead atoms. The molecule has 0 saturated carbocycles. The molecular formula is C28H44N4O14. The van der Waals surface area contributed by atoms with E-state index in [1.54, 1.807) is 13.8 Å². The second kappa shape index (κ2) is 16.2. The van der Waals surface area contributed by atoms with E-state index < -0.39 is 60.0 Å². The average molecular weight is 661 g/mol. The van der Waals surface area contributed by atoms with Crippen LogP contribution in [0.5, 0.6) is 0 Å². The van der Waals surface area contributed by atoms with Gasteiger partial charge in [0.1, 0.15) is 12.1 Å². The molecule has 3 rings (SSSR count). The Morgan fingerprint density at radius 3 is 1.24 bits per heavy atom. The van der Waals surface area contributed by atoms with Gasteiger partial charge in [0.05, 0.1) is 39.6 Å². The number of nitrogens with one attached hydrogen (secondary N) is 2. The number of amides is 4. The number of ether oxygens (including phenoxy) is 8. The highest BCUT2D eigenvalue weighted by atomic mass is 16.8. The Morgan fingerprint density at radius 2 is 0.957 bits per heavy atom. The molecule has 0 aromatic heterocycles. The standard InChI is InChI=1S/C28H44N4O14/c1-7-39-23(35)27(5)41-13-19(14-42-27)45-25(37)29-17(3)21(33)31-9-11-32(12-10-31)22(34)18(4)30-26(38)46-20-15-43-28(6,44-16-20)24(36)40-8-2/h17-20H,7-16H2,1-6H3,(H,29,37)(H,30,38). The maximum Gasteiger partial charge on any atom is 0.408 e. The molecule has 3 heterocycles. The summed E-state index contributed by atoms with van der Waals surface area (Å²) in [4.78, 5) is 77.6. The van der Waals surface area contributed by atoms with Crippen LogP contribution in [0.15, 0.2) is 0 Å². The van der Waals surface area contributed by atoms with Crippen LogP contribution < -0.4 is 10.6 Å². The van der Waals surface area contributed by atoms with E-state index in [1.807, 2.05) is 0 Å². The fourth-order valence-electron chi connectivity index (χ4n) is 4.63. The van der Waals surface area contributed by atoms with Crippen LogP contribution in [0.2, 0.25) is 0 Å². The molecule has 3 saturated heterocycles. The summed E-state index contributed by atoms with van der Waals surface area (Å²) >= 11 is 0. The Bertz CT molecular complexity index is 1030. The monoisotopic (exact) mass is 660 g/mol. The van der Waals surface area contributed by atoms with Crippen molar-refractivity contribution in [2.75, 3.05) is 65.8 Å². The molecule has 18 nitrogen and oxygen atoms in total. The number of piperazine rings is 1. The minimum Gasteiger partial charge on any atom is -0.462 e. The molecule has 18 heteroatoms. The summed E-state index contributed by atoms with van der Waals surface area (Å²) in [6.45, 7) is 9.85. The quantitative estimate of drug-likeness (QED) is 0.219. The van der Waals surface area contributed by atoms with Crippen LogP contribution in [0.1, 0.15) is 41.5 Å². The third-order valence-electron chi connectivity index (χ3n) is 7.33. The Labute approximate surface area is 266 Å². The molecule has 0 aromatic carbocycles. The third-order valence-corrected chi connectivity index (χ3v) is 7.33. The first-order chi connectivity index (χ1) is 21.7. The van der Waals surface area contributed by atoms with Crippen LogP contribution in [-0.2, 0) is 57.1 Å². The summed E-state index contributed by atoms with van der Waals surface area (Å²) in [5.74, 6) is -5.30. The van der Waals surface area contributed by atoms with Crippen molar-refractivity contribution < 1.29 is 66.7 Å². The number of esters is 2. The predicted molar refractivity (Wildman–Crippen MR) is 153 cm³/mol. The van der Waals surface area contributed by atoms with Crippen molar-refractivity contribution >= 4 is 35.9 Å². The molecule has 2 atom stereocenters. The van der Waals surface area contributed by atoms with Crippen molar-refractivity contribution in [3.05, 3.63) is 0 Å². The number of hydrogen-bond donors (Lipinski definition) is 2. The number of alkyl carbamates (subject to hydrolysis) is 2. The Kier molecular flexibility index (Phi) is 12.9. The minimum atomic E-state index is -1.59. The van der Waals surface area contributed by atoms with Crippen LogP contribution in [0.25, 0.3) is 0 Å². The van der Waals surface area contributed by atoms with E-state index in [1.165, 1.54) is 37.5 Å². The molecule has 2 unspecified atom stereocenters. The molecule has 46 heavy (non-hydrogen) atoms. The van der Waals surface area contributed by atoms with Crippen molar-refractivity contribution in [1.82, 2.24) is 20.4 Å². The zero-order valence-electron chi connectivity index (χ0n) is 27.0. The molecule has 3 aliphatic rings. The topological polar surface area (TPSA) is 207 Å². The lowest BCUT2D eigenvalue weighted by Crippen LogP contribution is -2.58. The predicted octanol–water partition coefficient (Wildman–Crippen LogP) is -0.724. The van der Waals surface area contributed by atoms with Crippen LogP contribution in [0, 0.1) is 0 Å². The van der Waals surface area contributed by atoms with Crippen molar-refractivity contribution in [1.29, 1.82) is 0 Å². The lowest BCUT2D eigenvalue weighted by Gasteiger charge is -2.37. The molecule has 3 aliphatic heterocycles. The molecule has 3 fully saturated rings. The SMILES string of the molecule is CCOC(=O)C1(C)OCC(OC(=O)NC(C)C(=O)N2CCN(C(=O)C(C)NC(=O)OC3COC(C)(C(=O)OCC)OC3)CC2)CO1. The number of rotatable bonds is 10. The van der Waals surface area contributed by atoms with E-state index in [-0.39, 0.29) is 77.6 Å². The molecule has 4 amide bonds. The lowest BCUT2D eigenvalue weighted by molar-refractivity contribution is -0.280. The van der Waals surface area contributed by atoms with Gasteiger partial charge < -0.3 is 58.3 Å². The first-order valence-electron chi connectivity index (χ1n) is 15.1. The van der Waals surface area contributed by atoms with E-state index in [0.717, 1.165) is 0 Å². The number of nitrogens with zero attached hydrogens (tertiary/aromatic N) is 2. The molecule has 0 radical (unpaired) electrons. The van der Waals surface area contributed by atoms with Crippen LogP contribution >= 0.6 is 0 Å². The molecule has 0 aliphatic carbocycles. The largest absolute Gasteiger partial charge is 0.462 e. The van der Waals surface area contributed by atoms with Gasteiger partial charge in [0.25, 0.3) is 11.6 Å². The average Bonchev–Trinajstić information content (AvgIpc) is 3.02. The zero-order chi connectivity index (χ0) is 34.1. The fraction of sp³-hybridized carbons (Fsp3) is 0.786. The van der Waals surface area contributed by atoms with Gasteiger partial charge in [0.2, 0.25) is 11.8 Å². The van der Waals surface area contributed by atoms with Gasteiger partial charge in [-0.3, -0.25) is 9.59 Å². The van der Waals surface area contributed by atoms with E-state index in [0.29, 0.717) is 0 Å². The lowest BCUT2D eigenvalue weighted by atomic mass is 10.2.